The Morgan fingerprint density at radius 2 is 1.89 bits per heavy atom. The molecule has 1 aromatic heterocycles. The minimum Gasteiger partial charge on any atom is -0.350 e. The fourth-order valence-corrected chi connectivity index (χ4v) is 3.41. The molecule has 0 saturated carbocycles. The third-order valence-electron chi connectivity index (χ3n) is 4.64. The highest BCUT2D eigenvalue weighted by Crippen LogP contribution is 2.19. The number of nitrogens with one attached hydrogen (secondary N) is 2. The van der Waals surface area contributed by atoms with Gasteiger partial charge in [-0.05, 0) is 47.6 Å². The van der Waals surface area contributed by atoms with Crippen LogP contribution in [-0.2, 0) is 17.9 Å². The van der Waals surface area contributed by atoms with Gasteiger partial charge in [0, 0.05) is 12.1 Å². The zero-order chi connectivity index (χ0) is 19.5. The summed E-state index contributed by atoms with van der Waals surface area (Å²) in [6.45, 7) is 2.60. The van der Waals surface area contributed by atoms with Gasteiger partial charge in [0.15, 0.2) is 10.6 Å². The number of aromatic nitrogens is 3. The number of hydrogen-bond donors (Lipinski definition) is 2. The molecule has 4 rings (SSSR count). The fourth-order valence-electron chi connectivity index (χ4n) is 3.22. The second-order valence-corrected chi connectivity index (χ2v) is 7.15. The number of hydrogen-bond acceptors (Lipinski definition) is 3. The summed E-state index contributed by atoms with van der Waals surface area (Å²) in [5.74, 6) is 0.550. The predicted molar refractivity (Wildman–Crippen MR) is 113 cm³/mol. The van der Waals surface area contributed by atoms with E-state index in [-0.39, 0.29) is 12.5 Å². The summed E-state index contributed by atoms with van der Waals surface area (Å²) < 4.78 is 2.15. The molecule has 1 heterocycles. The molecule has 4 aromatic rings. The molecular weight excluding hydrogens is 368 g/mol. The van der Waals surface area contributed by atoms with E-state index >= 15 is 0 Å². The molecule has 0 atom stereocenters. The number of nitrogens with zero attached hydrogens (tertiary/aromatic N) is 2. The van der Waals surface area contributed by atoms with Crippen molar-refractivity contribution in [3.05, 3.63) is 82.6 Å². The topological polar surface area (TPSA) is 62.7 Å². The van der Waals surface area contributed by atoms with Gasteiger partial charge in [-0.1, -0.05) is 60.2 Å². The Bertz CT molecular complexity index is 1210. The molecule has 0 aliphatic carbocycles. The van der Waals surface area contributed by atoms with Gasteiger partial charge in [0.1, 0.15) is 6.54 Å². The van der Waals surface area contributed by atoms with E-state index in [1.807, 2.05) is 49.4 Å². The molecule has 1 amide bonds. The minimum atomic E-state index is -0.112. The highest BCUT2D eigenvalue weighted by molar-refractivity contribution is 7.71. The van der Waals surface area contributed by atoms with Crippen LogP contribution < -0.4 is 5.32 Å². The lowest BCUT2D eigenvalue weighted by Gasteiger charge is -2.09. The number of aryl methyl sites for hydroxylation is 1. The van der Waals surface area contributed by atoms with Crippen molar-refractivity contribution in [1.29, 1.82) is 0 Å². The van der Waals surface area contributed by atoms with Crippen molar-refractivity contribution in [3.8, 4) is 11.4 Å². The summed E-state index contributed by atoms with van der Waals surface area (Å²) in [7, 11) is 0. The first-order valence-electron chi connectivity index (χ1n) is 9.07. The molecule has 5 nitrogen and oxygen atoms in total. The summed E-state index contributed by atoms with van der Waals surface area (Å²) in [6, 6.07) is 22.3. The zero-order valence-electron chi connectivity index (χ0n) is 15.5. The molecule has 0 aliphatic heterocycles. The van der Waals surface area contributed by atoms with Crippen LogP contribution in [0.3, 0.4) is 0 Å². The van der Waals surface area contributed by atoms with Gasteiger partial charge in [-0.2, -0.15) is 5.10 Å². The maximum Gasteiger partial charge on any atom is 0.240 e. The molecular formula is C22H20N4OS. The van der Waals surface area contributed by atoms with Crippen molar-refractivity contribution >= 4 is 28.9 Å². The maximum atomic E-state index is 12.5. The number of rotatable bonds is 5. The SMILES string of the molecule is Cc1cccc(-c2n[nH]c(=S)n2CC(=O)NCc2ccc3ccccc3c2)c1. The third-order valence-corrected chi connectivity index (χ3v) is 4.95. The second-order valence-electron chi connectivity index (χ2n) is 6.77. The maximum absolute atomic E-state index is 12.5. The summed E-state index contributed by atoms with van der Waals surface area (Å²) in [5, 5.41) is 12.4. The van der Waals surface area contributed by atoms with Crippen LogP contribution in [0.4, 0.5) is 0 Å². The number of aromatic amines is 1. The van der Waals surface area contributed by atoms with Crippen LogP contribution in [0.15, 0.2) is 66.7 Å². The lowest BCUT2D eigenvalue weighted by atomic mass is 10.1. The lowest BCUT2D eigenvalue weighted by Crippen LogP contribution is -2.27. The summed E-state index contributed by atoms with van der Waals surface area (Å²) in [6.07, 6.45) is 0. The first-order valence-corrected chi connectivity index (χ1v) is 9.47. The first kappa shape index (κ1) is 18.1. The predicted octanol–water partition coefficient (Wildman–Crippen LogP) is 4.39. The number of H-pyrrole nitrogens is 1. The minimum absolute atomic E-state index is 0.112. The molecule has 0 aliphatic rings. The molecule has 0 saturated heterocycles. The lowest BCUT2D eigenvalue weighted by molar-refractivity contribution is -0.121. The summed E-state index contributed by atoms with van der Waals surface area (Å²) in [5.41, 5.74) is 3.11. The second kappa shape index (κ2) is 7.78. The van der Waals surface area contributed by atoms with Gasteiger partial charge in [-0.3, -0.25) is 14.5 Å². The molecule has 140 valence electrons. The molecule has 6 heteroatoms. The highest BCUT2D eigenvalue weighted by Gasteiger charge is 2.12. The van der Waals surface area contributed by atoms with Crippen LogP contribution >= 0.6 is 12.2 Å². The van der Waals surface area contributed by atoms with Gasteiger partial charge >= 0.3 is 0 Å². The van der Waals surface area contributed by atoms with E-state index in [9.17, 15) is 4.79 Å². The Morgan fingerprint density at radius 1 is 1.07 bits per heavy atom. The Labute approximate surface area is 168 Å². The quantitative estimate of drug-likeness (QED) is 0.499. The van der Waals surface area contributed by atoms with Gasteiger partial charge in [-0.25, -0.2) is 0 Å². The Hall–Kier alpha value is -3.25. The Morgan fingerprint density at radius 3 is 2.71 bits per heavy atom. The van der Waals surface area contributed by atoms with Crippen LogP contribution in [0.1, 0.15) is 11.1 Å². The standard InChI is InChI=1S/C22H20N4OS/c1-15-5-4-8-19(11-15)21-24-25-22(28)26(21)14-20(27)23-13-16-9-10-17-6-2-3-7-18(17)12-16/h2-12H,13-14H2,1H3,(H,23,27)(H,25,28). The zero-order valence-corrected chi connectivity index (χ0v) is 16.3. The van der Waals surface area contributed by atoms with Gasteiger partial charge < -0.3 is 5.32 Å². The van der Waals surface area contributed by atoms with E-state index < -0.39 is 0 Å². The molecule has 0 bridgehead atoms. The molecule has 0 fully saturated rings. The van der Waals surface area contributed by atoms with Crippen molar-refractivity contribution in [3.63, 3.8) is 0 Å². The Balaban J connectivity index is 1.48. The van der Waals surface area contributed by atoms with E-state index in [0.717, 1.165) is 22.1 Å². The largest absolute Gasteiger partial charge is 0.350 e. The van der Waals surface area contributed by atoms with Crippen LogP contribution in [-0.4, -0.2) is 20.7 Å². The van der Waals surface area contributed by atoms with E-state index in [2.05, 4.69) is 39.8 Å². The van der Waals surface area contributed by atoms with Crippen molar-refractivity contribution in [2.24, 2.45) is 0 Å². The molecule has 0 unspecified atom stereocenters. The van der Waals surface area contributed by atoms with E-state index in [1.54, 1.807) is 4.57 Å². The van der Waals surface area contributed by atoms with E-state index in [0.29, 0.717) is 17.1 Å². The van der Waals surface area contributed by atoms with Crippen molar-refractivity contribution in [2.75, 3.05) is 0 Å². The number of carbonyl (C=O) groups is 1. The van der Waals surface area contributed by atoms with Gasteiger partial charge in [-0.15, -0.1) is 0 Å². The summed E-state index contributed by atoms with van der Waals surface area (Å²) >= 11 is 5.32. The van der Waals surface area contributed by atoms with Crippen molar-refractivity contribution in [1.82, 2.24) is 20.1 Å². The molecule has 2 N–H and O–H groups in total. The van der Waals surface area contributed by atoms with Crippen LogP contribution in [0.25, 0.3) is 22.2 Å². The van der Waals surface area contributed by atoms with E-state index in [1.165, 1.54) is 5.39 Å². The van der Waals surface area contributed by atoms with Crippen molar-refractivity contribution in [2.45, 2.75) is 20.0 Å². The summed E-state index contributed by atoms with van der Waals surface area (Å²) in [4.78, 5) is 12.5. The monoisotopic (exact) mass is 388 g/mol. The average Bonchev–Trinajstić information content (AvgIpc) is 3.06. The number of carbonyl (C=O) groups excluding carboxylic acids is 1. The van der Waals surface area contributed by atoms with Gasteiger partial charge in [0.2, 0.25) is 5.91 Å². The fraction of sp³-hybridized carbons (Fsp3) is 0.136. The normalized spacial score (nSPS) is 10.9. The molecule has 0 radical (unpaired) electrons. The average molecular weight is 388 g/mol. The smallest absolute Gasteiger partial charge is 0.240 e. The number of benzene rings is 3. The molecule has 28 heavy (non-hydrogen) atoms. The highest BCUT2D eigenvalue weighted by atomic mass is 32.1. The Kier molecular flexibility index (Phi) is 5.04. The third kappa shape index (κ3) is 3.87. The number of fused-ring (bicyclic) bond motifs is 1. The molecule has 0 spiro atoms. The van der Waals surface area contributed by atoms with Crippen LogP contribution in [0.5, 0.6) is 0 Å². The van der Waals surface area contributed by atoms with Crippen LogP contribution in [0, 0.1) is 11.7 Å². The first-order chi connectivity index (χ1) is 13.6. The van der Waals surface area contributed by atoms with Gasteiger partial charge in [0.25, 0.3) is 0 Å². The van der Waals surface area contributed by atoms with Crippen molar-refractivity contribution < 1.29 is 4.79 Å². The molecule has 3 aromatic carbocycles. The van der Waals surface area contributed by atoms with Crippen LogP contribution in [0.2, 0.25) is 0 Å². The van der Waals surface area contributed by atoms with E-state index in [4.69, 9.17) is 12.2 Å². The number of amides is 1. The van der Waals surface area contributed by atoms with Gasteiger partial charge in [0.05, 0.1) is 0 Å².